The lowest BCUT2D eigenvalue weighted by Gasteiger charge is -2.09. The highest BCUT2D eigenvalue weighted by Crippen LogP contribution is 2.13. The summed E-state index contributed by atoms with van der Waals surface area (Å²) in [4.78, 5) is 0. The van der Waals surface area contributed by atoms with E-state index < -0.39 is 0 Å². The summed E-state index contributed by atoms with van der Waals surface area (Å²) in [5.41, 5.74) is 0. The van der Waals surface area contributed by atoms with Crippen molar-refractivity contribution in [1.82, 2.24) is 0 Å². The molecule has 0 rings (SSSR count). The molecule has 8 heavy (non-hydrogen) atoms. The summed E-state index contributed by atoms with van der Waals surface area (Å²) in [7, 11) is 0. The molecule has 0 aromatic rings. The maximum atomic E-state index is 5.75. The van der Waals surface area contributed by atoms with Gasteiger partial charge in [-0.15, -0.1) is 23.2 Å². The van der Waals surface area contributed by atoms with Crippen LogP contribution in [0.25, 0.3) is 0 Å². The molecule has 0 nitrogen and oxygen atoms in total. The van der Waals surface area contributed by atoms with E-state index in [9.17, 15) is 0 Å². The normalized spacial score (nSPS) is 18.0. The minimum Gasteiger partial charge on any atom is -0.127 e. The zero-order valence-corrected chi connectivity index (χ0v) is 6.84. The van der Waals surface area contributed by atoms with Gasteiger partial charge in [0.25, 0.3) is 0 Å². The molecule has 0 saturated carbocycles. The standard InChI is InChI=1S/C6H12Cl2/c1-5(3-4-7)6(2)8/h5-6H,3-4H2,1-2H3. The first-order valence-electron chi connectivity index (χ1n) is 2.88. The van der Waals surface area contributed by atoms with Gasteiger partial charge in [-0.3, -0.25) is 0 Å². The van der Waals surface area contributed by atoms with Gasteiger partial charge in [0.1, 0.15) is 0 Å². The predicted molar refractivity (Wildman–Crippen MR) is 39.8 cm³/mol. The van der Waals surface area contributed by atoms with Crippen LogP contribution >= 0.6 is 23.2 Å². The summed E-state index contributed by atoms with van der Waals surface area (Å²) in [6.45, 7) is 4.11. The third-order valence-corrected chi connectivity index (χ3v) is 2.00. The second-order valence-electron chi connectivity index (χ2n) is 2.13. The quantitative estimate of drug-likeness (QED) is 0.549. The van der Waals surface area contributed by atoms with E-state index in [0.717, 1.165) is 12.3 Å². The van der Waals surface area contributed by atoms with Crippen LogP contribution in [-0.2, 0) is 0 Å². The zero-order chi connectivity index (χ0) is 6.57. The van der Waals surface area contributed by atoms with Crippen LogP contribution in [-0.4, -0.2) is 11.3 Å². The maximum absolute atomic E-state index is 5.75. The summed E-state index contributed by atoms with van der Waals surface area (Å²) in [6.07, 6.45) is 1.02. The summed E-state index contributed by atoms with van der Waals surface area (Å²) < 4.78 is 0. The van der Waals surface area contributed by atoms with E-state index in [-0.39, 0.29) is 5.38 Å². The Morgan fingerprint density at radius 2 is 1.88 bits per heavy atom. The number of hydrogen-bond donors (Lipinski definition) is 0. The molecule has 0 aromatic heterocycles. The second kappa shape index (κ2) is 4.46. The Bertz CT molecular complexity index is 52.5. The molecule has 0 aromatic carbocycles. The van der Waals surface area contributed by atoms with Crippen LogP contribution in [0.1, 0.15) is 20.3 Å². The first-order chi connectivity index (χ1) is 3.68. The Balaban J connectivity index is 3.17. The molecule has 0 spiro atoms. The molecule has 2 unspecified atom stereocenters. The van der Waals surface area contributed by atoms with Crippen molar-refractivity contribution in [2.45, 2.75) is 25.6 Å². The molecule has 0 aliphatic rings. The Kier molecular flexibility index (Phi) is 4.78. The van der Waals surface area contributed by atoms with E-state index in [1.54, 1.807) is 0 Å². The van der Waals surface area contributed by atoms with E-state index in [0.29, 0.717) is 5.92 Å². The van der Waals surface area contributed by atoms with E-state index >= 15 is 0 Å². The van der Waals surface area contributed by atoms with Crippen molar-refractivity contribution in [3.05, 3.63) is 0 Å². The highest BCUT2D eigenvalue weighted by molar-refractivity contribution is 6.20. The lowest BCUT2D eigenvalue weighted by atomic mass is 10.1. The first-order valence-corrected chi connectivity index (χ1v) is 3.85. The van der Waals surface area contributed by atoms with Crippen molar-refractivity contribution in [1.29, 1.82) is 0 Å². The minimum absolute atomic E-state index is 0.258. The van der Waals surface area contributed by atoms with Gasteiger partial charge >= 0.3 is 0 Å². The van der Waals surface area contributed by atoms with Crippen LogP contribution < -0.4 is 0 Å². The van der Waals surface area contributed by atoms with Crippen LogP contribution in [0.5, 0.6) is 0 Å². The molecular weight excluding hydrogens is 143 g/mol. The van der Waals surface area contributed by atoms with E-state index in [1.165, 1.54) is 0 Å². The fourth-order valence-electron chi connectivity index (χ4n) is 0.402. The number of hydrogen-bond acceptors (Lipinski definition) is 0. The SMILES string of the molecule is CC(Cl)C(C)CCCl. The molecule has 0 amide bonds. The lowest BCUT2D eigenvalue weighted by molar-refractivity contribution is 0.555. The van der Waals surface area contributed by atoms with Gasteiger partial charge in [-0.05, 0) is 19.3 Å². The topological polar surface area (TPSA) is 0 Å². The molecular formula is C6H12Cl2. The fraction of sp³-hybridized carbons (Fsp3) is 1.00. The molecule has 2 atom stereocenters. The van der Waals surface area contributed by atoms with Crippen LogP contribution in [0.15, 0.2) is 0 Å². The number of rotatable bonds is 3. The van der Waals surface area contributed by atoms with E-state index in [4.69, 9.17) is 23.2 Å². The van der Waals surface area contributed by atoms with Crippen molar-refractivity contribution >= 4 is 23.2 Å². The molecule has 0 fully saturated rings. The largest absolute Gasteiger partial charge is 0.127 e. The minimum atomic E-state index is 0.258. The summed E-state index contributed by atoms with van der Waals surface area (Å²) in [5.74, 6) is 1.27. The summed E-state index contributed by atoms with van der Waals surface area (Å²) >= 11 is 11.2. The predicted octanol–water partition coefficient (Wildman–Crippen LogP) is 2.88. The summed E-state index contributed by atoms with van der Waals surface area (Å²) in [5, 5.41) is 0.258. The van der Waals surface area contributed by atoms with Crippen LogP contribution in [0, 0.1) is 5.92 Å². The molecule has 50 valence electrons. The zero-order valence-electron chi connectivity index (χ0n) is 5.32. The molecule has 0 radical (unpaired) electrons. The van der Waals surface area contributed by atoms with Crippen LogP contribution in [0.2, 0.25) is 0 Å². The van der Waals surface area contributed by atoms with Gasteiger partial charge in [0.05, 0.1) is 0 Å². The average Bonchev–Trinajstić information content (AvgIpc) is 1.67. The van der Waals surface area contributed by atoms with Gasteiger partial charge in [-0.1, -0.05) is 6.92 Å². The monoisotopic (exact) mass is 154 g/mol. The average molecular weight is 155 g/mol. The van der Waals surface area contributed by atoms with Crippen molar-refractivity contribution in [3.63, 3.8) is 0 Å². The molecule has 0 saturated heterocycles. The molecule has 0 aliphatic heterocycles. The molecule has 0 N–H and O–H groups in total. The molecule has 0 aliphatic carbocycles. The van der Waals surface area contributed by atoms with Gasteiger partial charge in [-0.25, -0.2) is 0 Å². The van der Waals surface area contributed by atoms with Crippen LogP contribution in [0.3, 0.4) is 0 Å². The number of halogens is 2. The highest BCUT2D eigenvalue weighted by Gasteiger charge is 2.06. The Hall–Kier alpha value is 0.580. The third kappa shape index (κ3) is 3.57. The Morgan fingerprint density at radius 3 is 2.00 bits per heavy atom. The van der Waals surface area contributed by atoms with Gasteiger partial charge in [0.2, 0.25) is 0 Å². The highest BCUT2D eigenvalue weighted by atomic mass is 35.5. The molecule has 2 heteroatoms. The molecule has 0 heterocycles. The van der Waals surface area contributed by atoms with Gasteiger partial charge in [-0.2, -0.15) is 0 Å². The van der Waals surface area contributed by atoms with Crippen LogP contribution in [0.4, 0.5) is 0 Å². The molecule has 0 bridgehead atoms. The Morgan fingerprint density at radius 1 is 1.38 bits per heavy atom. The number of alkyl halides is 2. The van der Waals surface area contributed by atoms with Gasteiger partial charge in [0, 0.05) is 11.3 Å². The van der Waals surface area contributed by atoms with Gasteiger partial charge in [0.15, 0.2) is 0 Å². The second-order valence-corrected chi connectivity index (χ2v) is 3.20. The summed E-state index contributed by atoms with van der Waals surface area (Å²) in [6, 6.07) is 0. The van der Waals surface area contributed by atoms with Crippen molar-refractivity contribution in [2.75, 3.05) is 5.88 Å². The van der Waals surface area contributed by atoms with E-state index in [1.807, 2.05) is 6.92 Å². The van der Waals surface area contributed by atoms with E-state index in [2.05, 4.69) is 6.92 Å². The third-order valence-electron chi connectivity index (χ3n) is 1.35. The lowest BCUT2D eigenvalue weighted by Crippen LogP contribution is -2.06. The first kappa shape index (κ1) is 8.58. The Labute approximate surface area is 61.2 Å². The van der Waals surface area contributed by atoms with Crippen molar-refractivity contribution in [2.24, 2.45) is 5.92 Å². The van der Waals surface area contributed by atoms with Gasteiger partial charge < -0.3 is 0 Å². The van der Waals surface area contributed by atoms with Crippen molar-refractivity contribution < 1.29 is 0 Å². The smallest absolute Gasteiger partial charge is 0.0333 e. The fourth-order valence-corrected chi connectivity index (χ4v) is 0.872. The van der Waals surface area contributed by atoms with Crippen molar-refractivity contribution in [3.8, 4) is 0 Å². The maximum Gasteiger partial charge on any atom is 0.0333 e.